The molecule has 1 aliphatic carbocycles. The van der Waals surface area contributed by atoms with E-state index in [1.807, 2.05) is 42.7 Å². The molecular formula is C24H28N4O4S2. The Labute approximate surface area is 207 Å². The Hall–Kier alpha value is -2.85. The smallest absolute Gasteiger partial charge is 0.341 e. The predicted molar refractivity (Wildman–Crippen MR) is 133 cm³/mol. The van der Waals surface area contributed by atoms with Crippen molar-refractivity contribution in [2.45, 2.75) is 58.3 Å². The highest BCUT2D eigenvalue weighted by atomic mass is 32.2. The van der Waals surface area contributed by atoms with E-state index in [1.54, 1.807) is 6.92 Å². The molecule has 0 atom stereocenters. The van der Waals surface area contributed by atoms with Gasteiger partial charge in [0.05, 0.1) is 17.9 Å². The van der Waals surface area contributed by atoms with Crippen LogP contribution in [0, 0.1) is 6.92 Å². The van der Waals surface area contributed by atoms with Gasteiger partial charge in [-0.25, -0.2) is 4.79 Å². The largest absolute Gasteiger partial charge is 0.485 e. The fourth-order valence-electron chi connectivity index (χ4n) is 3.92. The van der Waals surface area contributed by atoms with E-state index in [0.717, 1.165) is 41.0 Å². The summed E-state index contributed by atoms with van der Waals surface area (Å²) in [7, 11) is 0. The summed E-state index contributed by atoms with van der Waals surface area (Å²) in [6.45, 7) is 7.04. The maximum absolute atomic E-state index is 12.7. The van der Waals surface area contributed by atoms with Gasteiger partial charge in [-0.1, -0.05) is 30.0 Å². The molecule has 2 aromatic heterocycles. The van der Waals surface area contributed by atoms with Crippen molar-refractivity contribution >= 4 is 40.0 Å². The Kier molecular flexibility index (Phi) is 7.89. The first-order valence-corrected chi connectivity index (χ1v) is 13.2. The van der Waals surface area contributed by atoms with Crippen LogP contribution in [0.25, 0.3) is 0 Å². The van der Waals surface area contributed by atoms with E-state index in [4.69, 9.17) is 9.47 Å². The van der Waals surface area contributed by atoms with E-state index in [2.05, 4.69) is 15.5 Å². The number of rotatable bonds is 10. The van der Waals surface area contributed by atoms with Crippen molar-refractivity contribution in [1.82, 2.24) is 14.8 Å². The quantitative estimate of drug-likeness (QED) is 0.320. The van der Waals surface area contributed by atoms with Crippen molar-refractivity contribution in [3.05, 3.63) is 51.7 Å². The fourth-order valence-corrected chi connectivity index (χ4v) is 6.03. The lowest BCUT2D eigenvalue weighted by Crippen LogP contribution is -2.17. The molecule has 8 nitrogen and oxygen atoms in total. The van der Waals surface area contributed by atoms with Gasteiger partial charge in [0.1, 0.15) is 17.4 Å². The van der Waals surface area contributed by atoms with Gasteiger partial charge < -0.3 is 19.4 Å². The van der Waals surface area contributed by atoms with Crippen LogP contribution in [0.1, 0.15) is 52.5 Å². The Morgan fingerprint density at radius 3 is 2.79 bits per heavy atom. The molecule has 1 aliphatic rings. The molecule has 0 saturated heterocycles. The second kappa shape index (κ2) is 11.1. The number of esters is 1. The summed E-state index contributed by atoms with van der Waals surface area (Å²) in [5.74, 6) is 1.10. The first kappa shape index (κ1) is 24.3. The zero-order chi connectivity index (χ0) is 24.1. The van der Waals surface area contributed by atoms with Gasteiger partial charge in [0.25, 0.3) is 0 Å². The number of fused-ring (bicyclic) bond motifs is 1. The van der Waals surface area contributed by atoms with E-state index in [9.17, 15) is 9.59 Å². The third-order valence-corrected chi connectivity index (χ3v) is 7.72. The number of ether oxygens (including phenoxy) is 2. The second-order valence-electron chi connectivity index (χ2n) is 7.82. The molecule has 0 fully saturated rings. The van der Waals surface area contributed by atoms with Crippen LogP contribution in [0.3, 0.4) is 0 Å². The van der Waals surface area contributed by atoms with Crippen LogP contribution in [0.2, 0.25) is 0 Å². The Balaban J connectivity index is 1.39. The Morgan fingerprint density at radius 2 is 2.03 bits per heavy atom. The van der Waals surface area contributed by atoms with Crippen LogP contribution < -0.4 is 10.1 Å². The molecule has 0 radical (unpaired) electrons. The van der Waals surface area contributed by atoms with Crippen molar-refractivity contribution < 1.29 is 19.1 Å². The molecule has 34 heavy (non-hydrogen) atoms. The number of aromatic nitrogens is 3. The molecule has 180 valence electrons. The molecule has 4 rings (SSSR count). The number of thiophene rings is 1. The van der Waals surface area contributed by atoms with Gasteiger partial charge in [0.2, 0.25) is 5.91 Å². The van der Waals surface area contributed by atoms with Crippen LogP contribution in [0.5, 0.6) is 5.75 Å². The summed E-state index contributed by atoms with van der Waals surface area (Å²) in [5.41, 5.74) is 2.60. The lowest BCUT2D eigenvalue weighted by atomic mass is 10.1. The van der Waals surface area contributed by atoms with Crippen molar-refractivity contribution in [2.75, 3.05) is 17.7 Å². The molecule has 3 aromatic rings. The van der Waals surface area contributed by atoms with Gasteiger partial charge in [-0.3, -0.25) is 4.79 Å². The van der Waals surface area contributed by atoms with Gasteiger partial charge in [0.15, 0.2) is 11.0 Å². The van der Waals surface area contributed by atoms with Gasteiger partial charge in [-0.2, -0.15) is 0 Å². The first-order valence-electron chi connectivity index (χ1n) is 11.4. The van der Waals surface area contributed by atoms with Crippen molar-refractivity contribution in [3.8, 4) is 5.75 Å². The molecule has 0 spiro atoms. The third kappa shape index (κ3) is 5.28. The number of nitrogens with zero attached hydrogens (tertiary/aromatic N) is 3. The van der Waals surface area contributed by atoms with Crippen LogP contribution in [0.4, 0.5) is 5.00 Å². The van der Waals surface area contributed by atoms with E-state index in [-0.39, 0.29) is 17.6 Å². The van der Waals surface area contributed by atoms with E-state index >= 15 is 0 Å². The average Bonchev–Trinajstić information content (AvgIpc) is 3.51. The summed E-state index contributed by atoms with van der Waals surface area (Å²) in [4.78, 5) is 26.4. The number of amides is 1. The maximum Gasteiger partial charge on any atom is 0.341 e. The summed E-state index contributed by atoms with van der Waals surface area (Å²) in [6.07, 6.45) is 2.81. The highest BCUT2D eigenvalue weighted by Crippen LogP contribution is 2.39. The number of hydrogen-bond acceptors (Lipinski definition) is 8. The molecular weight excluding hydrogens is 472 g/mol. The van der Waals surface area contributed by atoms with Gasteiger partial charge in [-0.15, -0.1) is 21.5 Å². The third-order valence-electron chi connectivity index (χ3n) is 5.55. The summed E-state index contributed by atoms with van der Waals surface area (Å²) in [6, 6.07) is 7.82. The van der Waals surface area contributed by atoms with Crippen molar-refractivity contribution in [2.24, 2.45) is 0 Å². The fraction of sp³-hybridized carbons (Fsp3) is 0.417. The standard InChI is InChI=1S/C24H28N4O4S2/c1-4-28-19(13-32-17-11-7-6-9-15(17)3)26-27-24(28)33-14-20(29)25-22-21(23(30)31-5-2)16-10-8-12-18(16)34-22/h6-7,9,11H,4-5,8,10,12-14H2,1-3H3,(H,25,29). The molecule has 0 unspecified atom stereocenters. The normalized spacial score (nSPS) is 12.4. The van der Waals surface area contributed by atoms with Crippen LogP contribution in [0.15, 0.2) is 29.4 Å². The lowest BCUT2D eigenvalue weighted by Gasteiger charge is -2.10. The second-order valence-corrected chi connectivity index (χ2v) is 9.86. The number of aryl methyl sites for hydroxylation is 2. The number of benzene rings is 1. The molecule has 10 heteroatoms. The molecule has 1 aromatic carbocycles. The number of anilines is 1. The van der Waals surface area contributed by atoms with Crippen molar-refractivity contribution in [1.29, 1.82) is 0 Å². The molecule has 2 heterocycles. The van der Waals surface area contributed by atoms with E-state index in [1.165, 1.54) is 23.1 Å². The topological polar surface area (TPSA) is 95.3 Å². The van der Waals surface area contributed by atoms with Gasteiger partial charge >= 0.3 is 5.97 Å². The highest BCUT2D eigenvalue weighted by Gasteiger charge is 2.28. The number of carbonyl (C=O) groups excluding carboxylic acids is 2. The number of para-hydroxylation sites is 1. The minimum absolute atomic E-state index is 0.154. The minimum Gasteiger partial charge on any atom is -0.485 e. The highest BCUT2D eigenvalue weighted by molar-refractivity contribution is 7.99. The molecule has 0 aliphatic heterocycles. The van der Waals surface area contributed by atoms with Gasteiger partial charge in [-0.05, 0) is 57.2 Å². The molecule has 0 saturated carbocycles. The lowest BCUT2D eigenvalue weighted by molar-refractivity contribution is -0.113. The zero-order valence-corrected chi connectivity index (χ0v) is 21.2. The van der Waals surface area contributed by atoms with Crippen LogP contribution >= 0.6 is 23.1 Å². The molecule has 0 bridgehead atoms. The first-order chi connectivity index (χ1) is 16.5. The summed E-state index contributed by atoms with van der Waals surface area (Å²) >= 11 is 2.79. The molecule has 1 N–H and O–H groups in total. The summed E-state index contributed by atoms with van der Waals surface area (Å²) < 4.78 is 13.1. The van der Waals surface area contributed by atoms with Crippen molar-refractivity contribution in [3.63, 3.8) is 0 Å². The minimum atomic E-state index is -0.367. The SMILES string of the molecule is CCOC(=O)c1c(NC(=O)CSc2nnc(COc3ccccc3C)n2CC)sc2c1CCC2. The maximum atomic E-state index is 12.7. The number of hydrogen-bond donors (Lipinski definition) is 1. The number of nitrogens with one attached hydrogen (secondary N) is 1. The predicted octanol–water partition coefficient (Wildman–Crippen LogP) is 4.64. The number of carbonyl (C=O) groups is 2. The monoisotopic (exact) mass is 500 g/mol. The zero-order valence-electron chi connectivity index (χ0n) is 19.6. The van der Waals surface area contributed by atoms with Crippen LogP contribution in [-0.2, 0) is 35.5 Å². The van der Waals surface area contributed by atoms with Gasteiger partial charge in [0, 0.05) is 11.4 Å². The number of thioether (sulfide) groups is 1. The Morgan fingerprint density at radius 1 is 1.21 bits per heavy atom. The Bertz CT molecular complexity index is 1190. The average molecular weight is 501 g/mol. The van der Waals surface area contributed by atoms with E-state index < -0.39 is 0 Å². The summed E-state index contributed by atoms with van der Waals surface area (Å²) in [5, 5.41) is 12.7. The van der Waals surface area contributed by atoms with E-state index in [0.29, 0.717) is 41.3 Å². The van der Waals surface area contributed by atoms with Crippen LogP contribution in [-0.4, -0.2) is 39.0 Å². The molecule has 1 amide bonds.